The maximum atomic E-state index is 4.54. The van der Waals surface area contributed by atoms with Gasteiger partial charge in [-0.05, 0) is 54.9 Å². The third kappa shape index (κ3) is 3.30. The number of anilines is 1. The summed E-state index contributed by atoms with van der Waals surface area (Å²) in [4.78, 5) is 7.83. The molecule has 2 aromatic heterocycles. The van der Waals surface area contributed by atoms with E-state index in [-0.39, 0.29) is 0 Å². The Hall–Kier alpha value is -2.76. The van der Waals surface area contributed by atoms with Gasteiger partial charge in [-0.15, -0.1) is 10.2 Å². The van der Waals surface area contributed by atoms with Gasteiger partial charge in [0.05, 0.1) is 0 Å². The fraction of sp³-hybridized carbons (Fsp3) is 0.478. The Bertz CT molecular complexity index is 1110. The fourth-order valence-electron chi connectivity index (χ4n) is 5.14. The number of para-hydroxylation sites is 1. The lowest BCUT2D eigenvalue weighted by molar-refractivity contribution is 0.149. The summed E-state index contributed by atoms with van der Waals surface area (Å²) in [5.74, 6) is 2.16. The highest BCUT2D eigenvalue weighted by molar-refractivity contribution is 6.03. The van der Waals surface area contributed by atoms with Crippen LogP contribution in [0.1, 0.15) is 46.5 Å². The minimum atomic E-state index is 0.386. The molecule has 150 valence electrons. The first-order valence-electron chi connectivity index (χ1n) is 10.6. The van der Waals surface area contributed by atoms with Gasteiger partial charge in [-0.2, -0.15) is 10.1 Å². The molecule has 3 atom stereocenters. The number of H-pyrrole nitrogens is 1. The summed E-state index contributed by atoms with van der Waals surface area (Å²) in [6.07, 6.45) is 9.42. The van der Waals surface area contributed by atoms with Gasteiger partial charge in [0.15, 0.2) is 5.65 Å². The molecule has 2 N–H and O–H groups in total. The molecule has 1 fully saturated rings. The van der Waals surface area contributed by atoms with E-state index in [0.29, 0.717) is 29.1 Å². The predicted molar refractivity (Wildman–Crippen MR) is 118 cm³/mol. The molecule has 2 aliphatic rings. The van der Waals surface area contributed by atoms with Crippen molar-refractivity contribution in [1.29, 1.82) is 0 Å². The van der Waals surface area contributed by atoms with E-state index in [1.54, 1.807) is 5.57 Å². The molecule has 1 aromatic carbocycles. The van der Waals surface area contributed by atoms with Crippen molar-refractivity contribution in [3.8, 4) is 0 Å². The first kappa shape index (κ1) is 18.3. The SMILES string of the molecule is CC1CC2=CCCC(C)(C)C2CC1C=NNc1nnc2c(n1)[nH]c1ccccc12. The normalized spacial score (nSPS) is 26.6. The van der Waals surface area contributed by atoms with Gasteiger partial charge in [-0.25, -0.2) is 5.43 Å². The molecule has 0 bridgehead atoms. The van der Waals surface area contributed by atoms with E-state index < -0.39 is 0 Å². The van der Waals surface area contributed by atoms with Crippen molar-refractivity contribution in [2.24, 2.45) is 28.3 Å². The molecule has 1 saturated carbocycles. The third-order valence-electron chi connectivity index (χ3n) is 6.94. The highest BCUT2D eigenvalue weighted by Crippen LogP contribution is 2.50. The van der Waals surface area contributed by atoms with E-state index in [1.807, 2.05) is 24.3 Å². The summed E-state index contributed by atoms with van der Waals surface area (Å²) < 4.78 is 0. The Morgan fingerprint density at radius 1 is 1.24 bits per heavy atom. The summed E-state index contributed by atoms with van der Waals surface area (Å²) >= 11 is 0. The number of allylic oxidation sites excluding steroid dienone is 2. The van der Waals surface area contributed by atoms with Crippen molar-refractivity contribution < 1.29 is 0 Å². The maximum absolute atomic E-state index is 4.54. The zero-order chi connectivity index (χ0) is 20.0. The lowest BCUT2D eigenvalue weighted by atomic mass is 9.59. The van der Waals surface area contributed by atoms with Crippen LogP contribution in [0.25, 0.3) is 22.1 Å². The topological polar surface area (TPSA) is 78.8 Å². The second kappa shape index (κ2) is 6.94. The lowest BCUT2D eigenvalue weighted by Crippen LogP contribution is -2.36. The number of hydrogen-bond donors (Lipinski definition) is 2. The minimum Gasteiger partial charge on any atom is -0.338 e. The van der Waals surface area contributed by atoms with Crippen LogP contribution in [0.2, 0.25) is 0 Å². The van der Waals surface area contributed by atoms with Gasteiger partial charge < -0.3 is 4.98 Å². The lowest BCUT2D eigenvalue weighted by Gasteiger charge is -2.46. The van der Waals surface area contributed by atoms with Gasteiger partial charge in [0.2, 0.25) is 0 Å². The Balaban J connectivity index is 1.32. The van der Waals surface area contributed by atoms with E-state index in [2.05, 4.69) is 63.8 Å². The molecule has 6 nitrogen and oxygen atoms in total. The number of rotatable bonds is 3. The van der Waals surface area contributed by atoms with Gasteiger partial charge in [0, 0.05) is 17.1 Å². The van der Waals surface area contributed by atoms with Crippen LogP contribution < -0.4 is 5.43 Å². The average Bonchev–Trinajstić information content (AvgIpc) is 3.06. The van der Waals surface area contributed by atoms with Crippen LogP contribution in [-0.4, -0.2) is 26.4 Å². The highest BCUT2D eigenvalue weighted by Gasteiger charge is 2.40. The molecule has 5 rings (SSSR count). The molecular formula is C23H28N6. The highest BCUT2D eigenvalue weighted by atomic mass is 15.4. The zero-order valence-corrected chi connectivity index (χ0v) is 17.3. The Labute approximate surface area is 170 Å². The van der Waals surface area contributed by atoms with E-state index >= 15 is 0 Å². The summed E-state index contributed by atoms with van der Waals surface area (Å²) in [6.45, 7) is 7.17. The number of hydrogen-bond acceptors (Lipinski definition) is 5. The fourth-order valence-corrected chi connectivity index (χ4v) is 5.14. The second-order valence-corrected chi connectivity index (χ2v) is 9.33. The van der Waals surface area contributed by atoms with Crippen molar-refractivity contribution in [1.82, 2.24) is 20.2 Å². The number of benzene rings is 1. The van der Waals surface area contributed by atoms with E-state index in [1.165, 1.54) is 25.7 Å². The molecule has 3 unspecified atom stereocenters. The number of nitrogens with zero attached hydrogens (tertiary/aromatic N) is 4. The molecular weight excluding hydrogens is 360 g/mol. The van der Waals surface area contributed by atoms with Crippen molar-refractivity contribution >= 4 is 34.2 Å². The summed E-state index contributed by atoms with van der Waals surface area (Å²) in [5.41, 5.74) is 7.57. The smallest absolute Gasteiger partial charge is 0.265 e. The van der Waals surface area contributed by atoms with E-state index in [9.17, 15) is 0 Å². The molecule has 0 aliphatic heterocycles. The summed E-state index contributed by atoms with van der Waals surface area (Å²) in [5, 5.41) is 14.1. The molecule has 2 heterocycles. The molecule has 0 amide bonds. The minimum absolute atomic E-state index is 0.386. The van der Waals surface area contributed by atoms with Gasteiger partial charge in [0.1, 0.15) is 5.52 Å². The van der Waals surface area contributed by atoms with Crippen LogP contribution in [0.4, 0.5) is 5.95 Å². The maximum Gasteiger partial charge on any atom is 0.265 e. The van der Waals surface area contributed by atoms with Crippen LogP contribution in [0.3, 0.4) is 0 Å². The van der Waals surface area contributed by atoms with Crippen LogP contribution >= 0.6 is 0 Å². The van der Waals surface area contributed by atoms with Crippen molar-refractivity contribution in [3.05, 3.63) is 35.9 Å². The van der Waals surface area contributed by atoms with Gasteiger partial charge in [-0.1, -0.05) is 50.6 Å². The van der Waals surface area contributed by atoms with Crippen molar-refractivity contribution in [2.75, 3.05) is 5.43 Å². The van der Waals surface area contributed by atoms with Gasteiger partial charge in [-0.3, -0.25) is 0 Å². The van der Waals surface area contributed by atoms with Crippen LogP contribution in [0.15, 0.2) is 41.0 Å². The number of nitrogens with one attached hydrogen (secondary N) is 2. The first-order valence-corrected chi connectivity index (χ1v) is 10.6. The predicted octanol–water partition coefficient (Wildman–Crippen LogP) is 5.31. The number of fused-ring (bicyclic) bond motifs is 4. The van der Waals surface area contributed by atoms with Crippen molar-refractivity contribution in [3.63, 3.8) is 0 Å². The second-order valence-electron chi connectivity index (χ2n) is 9.33. The molecule has 0 spiro atoms. The van der Waals surface area contributed by atoms with Crippen LogP contribution in [-0.2, 0) is 0 Å². The Morgan fingerprint density at radius 2 is 2.10 bits per heavy atom. The molecule has 3 aromatic rings. The Kier molecular flexibility index (Phi) is 4.37. The molecule has 29 heavy (non-hydrogen) atoms. The molecule has 0 saturated heterocycles. The Morgan fingerprint density at radius 3 is 3.00 bits per heavy atom. The molecule has 2 aliphatic carbocycles. The number of hydrazone groups is 1. The van der Waals surface area contributed by atoms with Crippen LogP contribution in [0, 0.1) is 23.2 Å². The molecule has 6 heteroatoms. The van der Waals surface area contributed by atoms with Gasteiger partial charge >= 0.3 is 0 Å². The number of aromatic amines is 1. The first-order chi connectivity index (χ1) is 14.0. The zero-order valence-electron chi connectivity index (χ0n) is 17.3. The average molecular weight is 389 g/mol. The third-order valence-corrected chi connectivity index (χ3v) is 6.94. The summed E-state index contributed by atoms with van der Waals surface area (Å²) in [6, 6.07) is 8.03. The van der Waals surface area contributed by atoms with Gasteiger partial charge in [0.25, 0.3) is 5.95 Å². The monoisotopic (exact) mass is 388 g/mol. The largest absolute Gasteiger partial charge is 0.338 e. The van der Waals surface area contributed by atoms with E-state index in [4.69, 9.17) is 0 Å². The number of aromatic nitrogens is 4. The van der Waals surface area contributed by atoms with E-state index in [0.717, 1.165) is 22.1 Å². The molecule has 0 radical (unpaired) electrons. The quantitative estimate of drug-likeness (QED) is 0.362. The van der Waals surface area contributed by atoms with Crippen molar-refractivity contribution in [2.45, 2.75) is 46.5 Å². The van der Waals surface area contributed by atoms with Crippen LogP contribution in [0.5, 0.6) is 0 Å². The summed E-state index contributed by atoms with van der Waals surface area (Å²) in [7, 11) is 0. The standard InChI is InChI=1S/C23H28N6/c1-14-11-15-7-6-10-23(2,3)18(15)12-16(14)13-24-28-22-26-21-20(27-29-22)17-8-4-5-9-19(17)25-21/h4-5,7-9,13-14,16,18H,6,10-12H2,1-3H3,(H2,25,26,28,29).